The van der Waals surface area contributed by atoms with Crippen LogP contribution in [0.5, 0.6) is 5.75 Å². The number of anilines is 1. The molecule has 4 nitrogen and oxygen atoms in total. The van der Waals surface area contributed by atoms with Gasteiger partial charge in [-0.1, -0.05) is 44.2 Å². The van der Waals surface area contributed by atoms with Gasteiger partial charge in [0.15, 0.2) is 0 Å². The second-order valence-electron chi connectivity index (χ2n) is 7.69. The van der Waals surface area contributed by atoms with Crippen molar-refractivity contribution >= 4 is 22.5 Å². The summed E-state index contributed by atoms with van der Waals surface area (Å²) < 4.78 is 5.25. The Morgan fingerprint density at radius 1 is 1.00 bits per heavy atom. The second-order valence-corrected chi connectivity index (χ2v) is 7.69. The first kappa shape index (κ1) is 20.6. The van der Waals surface area contributed by atoms with E-state index in [0.29, 0.717) is 11.5 Å². The Labute approximate surface area is 182 Å². The Bertz CT molecular complexity index is 1200. The highest BCUT2D eigenvalue weighted by atomic mass is 16.5. The molecule has 3 aromatic carbocycles. The number of carbonyl (C=O) groups is 1. The van der Waals surface area contributed by atoms with Crippen molar-refractivity contribution in [3.05, 3.63) is 90.0 Å². The van der Waals surface area contributed by atoms with Gasteiger partial charge in [0.1, 0.15) is 5.75 Å². The number of amides is 1. The summed E-state index contributed by atoms with van der Waals surface area (Å²) in [5, 5.41) is 3.87. The molecule has 31 heavy (non-hydrogen) atoms. The summed E-state index contributed by atoms with van der Waals surface area (Å²) in [4.78, 5) is 18.0. The number of rotatable bonds is 6. The molecule has 0 aliphatic heterocycles. The highest BCUT2D eigenvalue weighted by molar-refractivity contribution is 6.13. The zero-order chi connectivity index (χ0) is 21.8. The molecule has 1 aromatic heterocycles. The van der Waals surface area contributed by atoms with Crippen LogP contribution in [0.2, 0.25) is 0 Å². The fourth-order valence-electron chi connectivity index (χ4n) is 3.60. The van der Waals surface area contributed by atoms with Crippen LogP contribution in [0.3, 0.4) is 0 Å². The lowest BCUT2D eigenvalue weighted by Gasteiger charge is -2.12. The lowest BCUT2D eigenvalue weighted by molar-refractivity contribution is 0.102. The van der Waals surface area contributed by atoms with Crippen molar-refractivity contribution in [2.45, 2.75) is 26.2 Å². The molecule has 0 radical (unpaired) electrons. The molecule has 0 aliphatic rings. The Balaban J connectivity index is 1.69. The lowest BCUT2D eigenvalue weighted by Crippen LogP contribution is -2.13. The first-order chi connectivity index (χ1) is 15.1. The third kappa shape index (κ3) is 4.43. The Morgan fingerprint density at radius 2 is 1.71 bits per heavy atom. The predicted molar refractivity (Wildman–Crippen MR) is 127 cm³/mol. The number of methoxy groups -OCH3 is 1. The quantitative estimate of drug-likeness (QED) is 0.386. The van der Waals surface area contributed by atoms with Crippen molar-refractivity contribution in [2.75, 3.05) is 12.4 Å². The number of nitrogens with one attached hydrogen (secondary N) is 1. The molecular weight excluding hydrogens is 384 g/mol. The van der Waals surface area contributed by atoms with Gasteiger partial charge in [-0.15, -0.1) is 0 Å². The summed E-state index contributed by atoms with van der Waals surface area (Å²) in [5.74, 6) is 1.13. The van der Waals surface area contributed by atoms with Crippen LogP contribution in [0.15, 0.2) is 78.9 Å². The molecule has 1 unspecified atom stereocenters. The van der Waals surface area contributed by atoms with E-state index in [1.165, 1.54) is 5.56 Å². The molecule has 1 amide bonds. The number of aromatic nitrogens is 1. The fraction of sp³-hybridized carbons (Fsp3) is 0.185. The van der Waals surface area contributed by atoms with Crippen LogP contribution >= 0.6 is 0 Å². The third-order valence-corrected chi connectivity index (χ3v) is 5.70. The van der Waals surface area contributed by atoms with Crippen LogP contribution in [0.1, 0.15) is 42.1 Å². The van der Waals surface area contributed by atoms with Gasteiger partial charge >= 0.3 is 0 Å². The van der Waals surface area contributed by atoms with E-state index in [4.69, 9.17) is 9.72 Å². The normalized spacial score (nSPS) is 11.8. The van der Waals surface area contributed by atoms with E-state index in [2.05, 4.69) is 31.3 Å². The predicted octanol–water partition coefficient (Wildman–Crippen LogP) is 6.68. The molecule has 4 rings (SSSR count). The second kappa shape index (κ2) is 9.00. The Morgan fingerprint density at radius 3 is 2.39 bits per heavy atom. The molecule has 0 spiro atoms. The number of benzene rings is 3. The molecule has 0 aliphatic carbocycles. The molecule has 0 saturated heterocycles. The van der Waals surface area contributed by atoms with Crippen molar-refractivity contribution in [2.24, 2.45) is 0 Å². The first-order valence-electron chi connectivity index (χ1n) is 10.5. The van der Waals surface area contributed by atoms with Crippen molar-refractivity contribution in [1.82, 2.24) is 4.98 Å². The maximum Gasteiger partial charge on any atom is 0.256 e. The van der Waals surface area contributed by atoms with Crippen LogP contribution in [0.25, 0.3) is 22.2 Å². The highest BCUT2D eigenvalue weighted by Crippen LogP contribution is 2.27. The van der Waals surface area contributed by atoms with E-state index in [1.807, 2.05) is 66.7 Å². The molecule has 1 heterocycles. The maximum atomic E-state index is 13.2. The number of nitrogens with zero attached hydrogens (tertiary/aromatic N) is 1. The SMILES string of the molecule is CCC(C)c1ccc(NC(=O)c2cc(-c3ccc(OC)cc3)nc3ccccc23)cc1. The minimum absolute atomic E-state index is 0.148. The first-order valence-corrected chi connectivity index (χ1v) is 10.5. The summed E-state index contributed by atoms with van der Waals surface area (Å²) in [5.41, 5.74) is 5.12. The largest absolute Gasteiger partial charge is 0.497 e. The Kier molecular flexibility index (Phi) is 5.99. The molecule has 4 heteroatoms. The van der Waals surface area contributed by atoms with Gasteiger partial charge in [-0.05, 0) is 66.4 Å². The summed E-state index contributed by atoms with van der Waals surface area (Å²) in [7, 11) is 1.64. The maximum absolute atomic E-state index is 13.2. The van der Waals surface area contributed by atoms with E-state index in [1.54, 1.807) is 7.11 Å². The van der Waals surface area contributed by atoms with Crippen LogP contribution in [-0.4, -0.2) is 18.0 Å². The van der Waals surface area contributed by atoms with E-state index in [-0.39, 0.29) is 5.91 Å². The zero-order valence-electron chi connectivity index (χ0n) is 18.1. The van der Waals surface area contributed by atoms with Crippen LogP contribution in [-0.2, 0) is 0 Å². The molecule has 4 aromatic rings. The molecule has 1 atom stereocenters. The average Bonchev–Trinajstić information content (AvgIpc) is 2.83. The standard InChI is InChI=1S/C27H26N2O2/c1-4-18(2)19-9-13-21(14-10-19)28-27(30)24-17-26(20-11-15-22(31-3)16-12-20)29-25-8-6-5-7-23(24)25/h5-18H,4H2,1-3H3,(H,28,30). The van der Waals surface area contributed by atoms with Crippen LogP contribution in [0, 0.1) is 0 Å². The number of ether oxygens (including phenoxy) is 1. The fourth-order valence-corrected chi connectivity index (χ4v) is 3.60. The number of pyridine rings is 1. The topological polar surface area (TPSA) is 51.2 Å². The van der Waals surface area contributed by atoms with E-state index >= 15 is 0 Å². The van der Waals surface area contributed by atoms with Gasteiger partial charge in [-0.3, -0.25) is 4.79 Å². The van der Waals surface area contributed by atoms with Crippen LogP contribution < -0.4 is 10.1 Å². The van der Waals surface area contributed by atoms with E-state index in [9.17, 15) is 4.79 Å². The highest BCUT2D eigenvalue weighted by Gasteiger charge is 2.14. The minimum atomic E-state index is -0.148. The van der Waals surface area contributed by atoms with Crippen molar-refractivity contribution in [1.29, 1.82) is 0 Å². The van der Waals surface area contributed by atoms with Gasteiger partial charge in [0.05, 0.1) is 23.9 Å². The monoisotopic (exact) mass is 410 g/mol. The van der Waals surface area contributed by atoms with Gasteiger partial charge in [0, 0.05) is 16.6 Å². The van der Waals surface area contributed by atoms with Gasteiger partial charge < -0.3 is 10.1 Å². The van der Waals surface area contributed by atoms with Gasteiger partial charge in [0.2, 0.25) is 0 Å². The number of carbonyl (C=O) groups excluding carboxylic acids is 1. The van der Waals surface area contributed by atoms with Crippen molar-refractivity contribution in [3.63, 3.8) is 0 Å². The molecule has 1 N–H and O–H groups in total. The third-order valence-electron chi connectivity index (χ3n) is 5.70. The van der Waals surface area contributed by atoms with Crippen molar-refractivity contribution in [3.8, 4) is 17.0 Å². The molecule has 0 fully saturated rings. The smallest absolute Gasteiger partial charge is 0.256 e. The van der Waals surface area contributed by atoms with E-state index in [0.717, 1.165) is 40.0 Å². The van der Waals surface area contributed by atoms with Gasteiger partial charge in [-0.2, -0.15) is 0 Å². The number of hydrogen-bond donors (Lipinski definition) is 1. The van der Waals surface area contributed by atoms with Crippen LogP contribution in [0.4, 0.5) is 5.69 Å². The van der Waals surface area contributed by atoms with E-state index < -0.39 is 0 Å². The van der Waals surface area contributed by atoms with Gasteiger partial charge in [0.25, 0.3) is 5.91 Å². The molecular formula is C27H26N2O2. The Hall–Kier alpha value is -3.66. The number of para-hydroxylation sites is 1. The zero-order valence-corrected chi connectivity index (χ0v) is 18.1. The number of hydrogen-bond acceptors (Lipinski definition) is 3. The molecule has 0 saturated carbocycles. The summed E-state index contributed by atoms with van der Waals surface area (Å²) >= 11 is 0. The summed E-state index contributed by atoms with van der Waals surface area (Å²) in [6, 6.07) is 25.4. The molecule has 0 bridgehead atoms. The van der Waals surface area contributed by atoms with Gasteiger partial charge in [-0.25, -0.2) is 4.98 Å². The summed E-state index contributed by atoms with van der Waals surface area (Å²) in [6.07, 6.45) is 1.09. The van der Waals surface area contributed by atoms with Crippen molar-refractivity contribution < 1.29 is 9.53 Å². The summed E-state index contributed by atoms with van der Waals surface area (Å²) in [6.45, 7) is 4.38. The lowest BCUT2D eigenvalue weighted by atomic mass is 9.98. The number of fused-ring (bicyclic) bond motifs is 1. The molecule has 156 valence electrons. The average molecular weight is 411 g/mol. The minimum Gasteiger partial charge on any atom is -0.497 e.